The highest BCUT2D eigenvalue weighted by atomic mass is 32.2. The number of hydrogen-bond donors (Lipinski definition) is 1. The van der Waals surface area contributed by atoms with Crippen LogP contribution in [0.3, 0.4) is 0 Å². The van der Waals surface area contributed by atoms with Crippen LogP contribution in [0.15, 0.2) is 29.3 Å². The highest BCUT2D eigenvalue weighted by molar-refractivity contribution is 7.89. The van der Waals surface area contributed by atoms with Gasteiger partial charge in [0.1, 0.15) is 11.5 Å². The molecule has 0 aliphatic carbocycles. The van der Waals surface area contributed by atoms with Crippen molar-refractivity contribution in [2.45, 2.75) is 50.6 Å². The van der Waals surface area contributed by atoms with Gasteiger partial charge in [-0.25, -0.2) is 12.8 Å². The molecule has 1 aromatic heterocycles. The zero-order valence-corrected chi connectivity index (χ0v) is 16.7. The van der Waals surface area contributed by atoms with Gasteiger partial charge in [-0.05, 0) is 57.2 Å². The maximum absolute atomic E-state index is 13.5. The fourth-order valence-corrected chi connectivity index (χ4v) is 4.98. The number of aromatic nitrogens is 3. The molecule has 2 heterocycles. The van der Waals surface area contributed by atoms with Crippen LogP contribution < -0.4 is 5.73 Å². The second-order valence-corrected chi connectivity index (χ2v) is 9.71. The van der Waals surface area contributed by atoms with Gasteiger partial charge in [0.25, 0.3) is 0 Å². The smallest absolute Gasteiger partial charge is 0.243 e. The lowest BCUT2D eigenvalue weighted by molar-refractivity contribution is 0.246. The van der Waals surface area contributed by atoms with Crippen LogP contribution in [0.2, 0.25) is 0 Å². The Morgan fingerprint density at radius 2 is 1.96 bits per heavy atom. The summed E-state index contributed by atoms with van der Waals surface area (Å²) in [6, 6.07) is 3.87. The number of hydrogen-bond acceptors (Lipinski definition) is 5. The van der Waals surface area contributed by atoms with Crippen molar-refractivity contribution in [3.05, 3.63) is 41.5 Å². The molecule has 1 saturated heterocycles. The number of halogens is 1. The zero-order valence-electron chi connectivity index (χ0n) is 15.9. The molecule has 0 unspecified atom stereocenters. The maximum Gasteiger partial charge on any atom is 0.243 e. The molecule has 2 N–H and O–H groups in total. The van der Waals surface area contributed by atoms with E-state index in [2.05, 4.69) is 10.3 Å². The Bertz CT molecular complexity index is 912. The van der Waals surface area contributed by atoms with Gasteiger partial charge in [-0.15, -0.1) is 5.10 Å². The Balaban J connectivity index is 1.65. The van der Waals surface area contributed by atoms with Crippen molar-refractivity contribution in [1.82, 2.24) is 19.3 Å². The molecule has 148 valence electrons. The van der Waals surface area contributed by atoms with Gasteiger partial charge in [0, 0.05) is 19.6 Å². The van der Waals surface area contributed by atoms with E-state index in [1.807, 2.05) is 20.0 Å². The number of rotatable bonds is 5. The van der Waals surface area contributed by atoms with Gasteiger partial charge in [0.05, 0.1) is 16.6 Å². The van der Waals surface area contributed by atoms with Crippen LogP contribution in [0.25, 0.3) is 0 Å². The van der Waals surface area contributed by atoms with Gasteiger partial charge in [0.15, 0.2) is 0 Å². The predicted octanol–water partition coefficient (Wildman–Crippen LogP) is 2.02. The molecule has 1 aromatic carbocycles. The van der Waals surface area contributed by atoms with Crippen molar-refractivity contribution in [2.24, 2.45) is 11.7 Å². The van der Waals surface area contributed by atoms with E-state index in [1.54, 1.807) is 11.6 Å². The number of nitrogens with zero attached hydrogens (tertiary/aromatic N) is 4. The van der Waals surface area contributed by atoms with Crippen LogP contribution in [0.1, 0.15) is 37.9 Å². The third kappa shape index (κ3) is 4.36. The van der Waals surface area contributed by atoms with Gasteiger partial charge < -0.3 is 5.73 Å². The van der Waals surface area contributed by atoms with Crippen LogP contribution in [-0.2, 0) is 22.1 Å². The van der Waals surface area contributed by atoms with E-state index in [9.17, 15) is 12.8 Å². The SMILES string of the molecule is Cc1ccc(F)cc1S(=O)(=O)N1CCC(Cn2cc(C(C)(C)N)nn2)CC1. The van der Waals surface area contributed by atoms with E-state index >= 15 is 0 Å². The van der Waals surface area contributed by atoms with Gasteiger partial charge in [0.2, 0.25) is 10.0 Å². The van der Waals surface area contributed by atoms with Gasteiger partial charge >= 0.3 is 0 Å². The zero-order chi connectivity index (χ0) is 19.8. The molecule has 0 atom stereocenters. The first-order valence-corrected chi connectivity index (χ1v) is 10.5. The molecule has 7 nitrogen and oxygen atoms in total. The Morgan fingerprint density at radius 3 is 2.56 bits per heavy atom. The lowest BCUT2D eigenvalue weighted by Crippen LogP contribution is -2.39. The van der Waals surface area contributed by atoms with Crippen molar-refractivity contribution < 1.29 is 12.8 Å². The second-order valence-electron chi connectivity index (χ2n) is 7.80. The number of aryl methyl sites for hydroxylation is 1. The van der Waals surface area contributed by atoms with Crippen LogP contribution in [0.4, 0.5) is 4.39 Å². The summed E-state index contributed by atoms with van der Waals surface area (Å²) >= 11 is 0. The molecule has 0 radical (unpaired) electrons. The molecular formula is C18H26FN5O2S. The van der Waals surface area contributed by atoms with E-state index in [0.717, 1.165) is 24.6 Å². The average molecular weight is 396 g/mol. The predicted molar refractivity (Wildman–Crippen MR) is 99.9 cm³/mol. The van der Waals surface area contributed by atoms with E-state index < -0.39 is 21.4 Å². The largest absolute Gasteiger partial charge is 0.320 e. The van der Waals surface area contributed by atoms with Crippen molar-refractivity contribution in [1.29, 1.82) is 0 Å². The summed E-state index contributed by atoms with van der Waals surface area (Å²) in [5.74, 6) is -0.237. The minimum Gasteiger partial charge on any atom is -0.320 e. The summed E-state index contributed by atoms with van der Waals surface area (Å²) in [7, 11) is -3.68. The molecule has 1 fully saturated rings. The molecule has 27 heavy (non-hydrogen) atoms. The molecule has 9 heteroatoms. The topological polar surface area (TPSA) is 94.1 Å². The van der Waals surface area contributed by atoms with E-state index in [4.69, 9.17) is 5.73 Å². The van der Waals surface area contributed by atoms with Crippen molar-refractivity contribution in [3.8, 4) is 0 Å². The second kappa shape index (κ2) is 7.29. The minimum atomic E-state index is -3.68. The van der Waals surface area contributed by atoms with E-state index in [0.29, 0.717) is 31.1 Å². The monoisotopic (exact) mass is 395 g/mol. The fraction of sp³-hybridized carbons (Fsp3) is 0.556. The lowest BCUT2D eigenvalue weighted by Gasteiger charge is -2.31. The molecule has 1 aliphatic rings. The summed E-state index contributed by atoms with van der Waals surface area (Å²) in [6.45, 7) is 6.92. The fourth-order valence-electron chi connectivity index (χ4n) is 3.27. The first kappa shape index (κ1) is 19.9. The Hall–Kier alpha value is -1.84. The van der Waals surface area contributed by atoms with E-state index in [1.165, 1.54) is 16.4 Å². The van der Waals surface area contributed by atoms with Crippen LogP contribution in [0.5, 0.6) is 0 Å². The third-order valence-corrected chi connectivity index (χ3v) is 7.03. The van der Waals surface area contributed by atoms with Crippen LogP contribution >= 0.6 is 0 Å². The molecule has 0 amide bonds. The lowest BCUT2D eigenvalue weighted by atomic mass is 9.98. The van der Waals surface area contributed by atoms with Crippen LogP contribution in [0, 0.1) is 18.7 Å². The van der Waals surface area contributed by atoms with Crippen LogP contribution in [-0.4, -0.2) is 40.8 Å². The standard InChI is InChI=1S/C18H26FN5O2S/c1-13-4-5-15(19)10-16(13)27(25,26)24-8-6-14(7-9-24)11-23-12-17(21-22-23)18(2,3)20/h4-5,10,12,14H,6-9,11,20H2,1-3H3. The summed E-state index contributed by atoms with van der Waals surface area (Å²) in [4.78, 5) is 0.0482. The molecule has 1 aliphatic heterocycles. The number of nitrogens with two attached hydrogens (primary N) is 1. The normalized spacial score (nSPS) is 17.4. The number of piperidine rings is 1. The Labute approximate surface area is 159 Å². The average Bonchev–Trinajstić information content (AvgIpc) is 3.06. The third-order valence-electron chi connectivity index (χ3n) is 4.99. The molecule has 2 aromatic rings. The molecular weight excluding hydrogens is 369 g/mol. The summed E-state index contributed by atoms with van der Waals surface area (Å²) in [5.41, 5.74) is 6.77. The van der Waals surface area contributed by atoms with Crippen molar-refractivity contribution in [3.63, 3.8) is 0 Å². The minimum absolute atomic E-state index is 0.0482. The number of benzene rings is 1. The quantitative estimate of drug-likeness (QED) is 0.836. The van der Waals surface area contributed by atoms with Gasteiger partial charge in [-0.1, -0.05) is 11.3 Å². The van der Waals surface area contributed by atoms with Crippen molar-refractivity contribution in [2.75, 3.05) is 13.1 Å². The molecule has 0 spiro atoms. The highest BCUT2D eigenvalue weighted by Crippen LogP contribution is 2.27. The first-order valence-electron chi connectivity index (χ1n) is 9.03. The Kier molecular flexibility index (Phi) is 5.38. The summed E-state index contributed by atoms with van der Waals surface area (Å²) in [5, 5.41) is 8.24. The maximum atomic E-state index is 13.5. The Morgan fingerprint density at radius 1 is 1.30 bits per heavy atom. The van der Waals surface area contributed by atoms with E-state index in [-0.39, 0.29) is 4.90 Å². The van der Waals surface area contributed by atoms with Crippen molar-refractivity contribution >= 4 is 10.0 Å². The summed E-state index contributed by atoms with van der Waals surface area (Å²) < 4.78 is 42.5. The highest BCUT2D eigenvalue weighted by Gasteiger charge is 2.31. The molecule has 0 saturated carbocycles. The molecule has 0 bridgehead atoms. The number of sulfonamides is 1. The molecule has 3 rings (SSSR count). The van der Waals surface area contributed by atoms with Gasteiger partial charge in [-0.2, -0.15) is 4.31 Å². The summed E-state index contributed by atoms with van der Waals surface area (Å²) in [6.07, 6.45) is 3.28. The first-order chi connectivity index (χ1) is 12.6. The van der Waals surface area contributed by atoms with Gasteiger partial charge in [-0.3, -0.25) is 4.68 Å².